The Balaban J connectivity index is 1.99. The topological polar surface area (TPSA) is 139 Å². The number of rotatable bonds is 7. The van der Waals surface area contributed by atoms with Crippen LogP contribution in [0.1, 0.15) is 23.2 Å². The summed E-state index contributed by atoms with van der Waals surface area (Å²) >= 11 is 5.82. The fourth-order valence-corrected chi connectivity index (χ4v) is 2.43. The number of carbonyl (C=O) groups is 3. The Kier molecular flexibility index (Phi) is 5.35. The number of benzene rings is 1. The molecule has 10 heteroatoms. The number of aliphatic carboxylic acids is 1. The Morgan fingerprint density at radius 1 is 1.38 bits per heavy atom. The molecule has 1 atom stereocenters. The van der Waals surface area contributed by atoms with Gasteiger partial charge in [0.1, 0.15) is 11.6 Å². The first-order chi connectivity index (χ1) is 11.3. The molecule has 0 bridgehead atoms. The molecule has 1 aliphatic carbocycles. The molecule has 1 aromatic rings. The summed E-state index contributed by atoms with van der Waals surface area (Å²) in [6.07, 6.45) is 1.44. The van der Waals surface area contributed by atoms with E-state index in [0.29, 0.717) is 0 Å². The normalized spacial score (nSPS) is 14.5. The zero-order valence-corrected chi connectivity index (χ0v) is 13.1. The maximum atomic E-state index is 12.1. The first-order valence-electron chi connectivity index (χ1n) is 7.04. The second kappa shape index (κ2) is 7.26. The van der Waals surface area contributed by atoms with Crippen LogP contribution in [0.15, 0.2) is 18.2 Å². The fraction of sp³-hybridized carbons (Fsp3) is 0.357. The Hall–Kier alpha value is -2.68. The molecule has 3 N–H and O–H groups in total. The fourth-order valence-electron chi connectivity index (χ4n) is 2.17. The van der Waals surface area contributed by atoms with E-state index >= 15 is 0 Å². The molecular weight excluding hydrogens is 342 g/mol. The van der Waals surface area contributed by atoms with E-state index in [4.69, 9.17) is 16.7 Å². The molecule has 1 unspecified atom stereocenters. The lowest BCUT2D eigenvalue weighted by Crippen LogP contribution is -2.46. The van der Waals surface area contributed by atoms with E-state index in [1.807, 2.05) is 0 Å². The van der Waals surface area contributed by atoms with Crippen LogP contribution >= 0.6 is 11.6 Å². The number of halogens is 1. The number of carboxylic acid groups (broad SMARTS) is 1. The molecule has 9 nitrogen and oxygen atoms in total. The van der Waals surface area contributed by atoms with E-state index in [1.165, 1.54) is 12.1 Å². The maximum Gasteiger partial charge on any atom is 0.326 e. The molecule has 0 saturated heterocycles. The van der Waals surface area contributed by atoms with E-state index in [1.54, 1.807) is 0 Å². The number of amides is 2. The lowest BCUT2D eigenvalue weighted by molar-refractivity contribution is -0.385. The summed E-state index contributed by atoms with van der Waals surface area (Å²) in [5.74, 6) is -2.83. The third-order valence-electron chi connectivity index (χ3n) is 3.50. The van der Waals surface area contributed by atoms with Crippen molar-refractivity contribution in [3.63, 3.8) is 0 Å². The highest BCUT2D eigenvalue weighted by molar-refractivity contribution is 6.34. The standard InChI is InChI=1S/C14H14ClN3O6/c15-8-2-1-3-9(18(23)24)11(8)13(20)16-6-10(19)17-12(14(21)22)7-4-5-7/h1-3,7,12H,4-6H2,(H,16,20)(H,17,19)(H,21,22). The summed E-state index contributed by atoms with van der Waals surface area (Å²) in [4.78, 5) is 45.1. The van der Waals surface area contributed by atoms with Gasteiger partial charge in [-0.25, -0.2) is 4.79 Å². The van der Waals surface area contributed by atoms with Crippen LogP contribution < -0.4 is 10.6 Å². The molecular formula is C14H14ClN3O6. The van der Waals surface area contributed by atoms with Crippen LogP contribution in [0.2, 0.25) is 5.02 Å². The molecule has 0 spiro atoms. The number of hydrogen-bond acceptors (Lipinski definition) is 5. The van der Waals surface area contributed by atoms with Crippen LogP contribution in [0.3, 0.4) is 0 Å². The monoisotopic (exact) mass is 355 g/mol. The average Bonchev–Trinajstić information content (AvgIpc) is 3.34. The van der Waals surface area contributed by atoms with Gasteiger partial charge in [0, 0.05) is 6.07 Å². The molecule has 0 aromatic heterocycles. The minimum Gasteiger partial charge on any atom is -0.480 e. The van der Waals surface area contributed by atoms with Crippen LogP contribution in [0, 0.1) is 16.0 Å². The van der Waals surface area contributed by atoms with Crippen molar-refractivity contribution >= 4 is 35.1 Å². The van der Waals surface area contributed by atoms with Crippen molar-refractivity contribution in [2.75, 3.05) is 6.54 Å². The number of carboxylic acids is 1. The van der Waals surface area contributed by atoms with Crippen molar-refractivity contribution in [2.45, 2.75) is 18.9 Å². The first kappa shape index (κ1) is 17.7. The SMILES string of the molecule is O=C(CNC(=O)c1c(Cl)cccc1[N+](=O)[O-])NC(C(=O)O)C1CC1. The number of hydrogen-bond donors (Lipinski definition) is 3. The predicted molar refractivity (Wildman–Crippen MR) is 82.7 cm³/mol. The van der Waals surface area contributed by atoms with E-state index in [9.17, 15) is 24.5 Å². The molecule has 128 valence electrons. The van der Waals surface area contributed by atoms with Crippen LogP contribution in [0.4, 0.5) is 5.69 Å². The summed E-state index contributed by atoms with van der Waals surface area (Å²) in [5.41, 5.74) is -0.837. The third kappa shape index (κ3) is 4.19. The molecule has 1 saturated carbocycles. The zero-order chi connectivity index (χ0) is 17.9. The van der Waals surface area contributed by atoms with Crippen molar-refractivity contribution in [1.82, 2.24) is 10.6 Å². The minimum atomic E-state index is -1.14. The summed E-state index contributed by atoms with van der Waals surface area (Å²) in [6.45, 7) is -0.516. The highest BCUT2D eigenvalue weighted by Crippen LogP contribution is 2.32. The minimum absolute atomic E-state index is 0.105. The molecule has 0 aliphatic heterocycles. The van der Waals surface area contributed by atoms with Crippen molar-refractivity contribution in [3.8, 4) is 0 Å². The van der Waals surface area contributed by atoms with Gasteiger partial charge in [-0.3, -0.25) is 19.7 Å². The molecule has 1 fully saturated rings. The molecule has 2 amide bonds. The van der Waals surface area contributed by atoms with Crippen LogP contribution in [0.5, 0.6) is 0 Å². The molecule has 24 heavy (non-hydrogen) atoms. The van der Waals surface area contributed by atoms with E-state index in [-0.39, 0.29) is 16.5 Å². The van der Waals surface area contributed by atoms with Crippen molar-refractivity contribution < 1.29 is 24.4 Å². The van der Waals surface area contributed by atoms with Gasteiger partial charge in [-0.05, 0) is 24.8 Å². The van der Waals surface area contributed by atoms with Crippen LogP contribution in [-0.4, -0.2) is 40.4 Å². The van der Waals surface area contributed by atoms with Gasteiger partial charge in [0.2, 0.25) is 5.91 Å². The molecule has 2 rings (SSSR count). The lowest BCUT2D eigenvalue weighted by Gasteiger charge is -2.14. The van der Waals surface area contributed by atoms with Gasteiger partial charge >= 0.3 is 5.97 Å². The van der Waals surface area contributed by atoms with E-state index in [2.05, 4.69) is 10.6 Å². The Bertz CT molecular complexity index is 704. The largest absolute Gasteiger partial charge is 0.480 e. The molecule has 0 heterocycles. The number of nitrogens with one attached hydrogen (secondary N) is 2. The number of carbonyl (C=O) groups excluding carboxylic acids is 2. The Morgan fingerprint density at radius 2 is 2.04 bits per heavy atom. The van der Waals surface area contributed by atoms with Crippen molar-refractivity contribution in [1.29, 1.82) is 0 Å². The predicted octanol–water partition coefficient (Wildman–Crippen LogP) is 0.957. The quantitative estimate of drug-likeness (QED) is 0.491. The van der Waals surface area contributed by atoms with Gasteiger partial charge in [-0.1, -0.05) is 17.7 Å². The van der Waals surface area contributed by atoms with E-state index in [0.717, 1.165) is 18.9 Å². The van der Waals surface area contributed by atoms with Crippen LogP contribution in [0.25, 0.3) is 0 Å². The van der Waals surface area contributed by atoms with Gasteiger partial charge in [0.15, 0.2) is 0 Å². The number of nitro benzene ring substituents is 1. The zero-order valence-electron chi connectivity index (χ0n) is 12.3. The van der Waals surface area contributed by atoms with Gasteiger partial charge in [-0.2, -0.15) is 0 Å². The number of nitro groups is 1. The van der Waals surface area contributed by atoms with Gasteiger partial charge in [-0.15, -0.1) is 0 Å². The smallest absolute Gasteiger partial charge is 0.326 e. The highest BCUT2D eigenvalue weighted by Gasteiger charge is 2.37. The summed E-state index contributed by atoms with van der Waals surface area (Å²) in [5, 5.41) is 24.4. The highest BCUT2D eigenvalue weighted by atomic mass is 35.5. The number of nitrogens with zero attached hydrogens (tertiary/aromatic N) is 1. The van der Waals surface area contributed by atoms with Crippen molar-refractivity contribution in [2.24, 2.45) is 5.92 Å². The summed E-state index contributed by atoms with van der Waals surface area (Å²) < 4.78 is 0. The van der Waals surface area contributed by atoms with Gasteiger partial charge in [0.25, 0.3) is 11.6 Å². The lowest BCUT2D eigenvalue weighted by atomic mass is 10.1. The Labute approximate surface area is 141 Å². The molecule has 1 aliphatic rings. The molecule has 1 aromatic carbocycles. The molecule has 0 radical (unpaired) electrons. The van der Waals surface area contributed by atoms with Gasteiger partial charge in [0.05, 0.1) is 16.5 Å². The second-order valence-electron chi connectivity index (χ2n) is 5.29. The van der Waals surface area contributed by atoms with Crippen molar-refractivity contribution in [3.05, 3.63) is 38.9 Å². The second-order valence-corrected chi connectivity index (χ2v) is 5.70. The summed E-state index contributed by atoms with van der Waals surface area (Å²) in [6, 6.07) is 2.77. The van der Waals surface area contributed by atoms with Gasteiger partial charge < -0.3 is 15.7 Å². The maximum absolute atomic E-state index is 12.1. The Morgan fingerprint density at radius 3 is 2.58 bits per heavy atom. The summed E-state index contributed by atoms with van der Waals surface area (Å²) in [7, 11) is 0. The van der Waals surface area contributed by atoms with E-state index < -0.39 is 41.0 Å². The van der Waals surface area contributed by atoms with Crippen LogP contribution in [-0.2, 0) is 9.59 Å². The average molecular weight is 356 g/mol. The first-order valence-corrected chi connectivity index (χ1v) is 7.42. The third-order valence-corrected chi connectivity index (χ3v) is 3.82.